The second-order valence-corrected chi connectivity index (χ2v) is 5.95. The van der Waals surface area contributed by atoms with E-state index < -0.39 is 10.0 Å². The third-order valence-corrected chi connectivity index (χ3v) is 4.61. The van der Waals surface area contributed by atoms with E-state index in [0.29, 0.717) is 18.7 Å². The van der Waals surface area contributed by atoms with Gasteiger partial charge in [-0.2, -0.15) is 9.57 Å². The lowest BCUT2D eigenvalue weighted by Crippen LogP contribution is -2.51. The van der Waals surface area contributed by atoms with Crippen molar-refractivity contribution in [2.24, 2.45) is 5.92 Å². The number of nitrogens with zero attached hydrogens (tertiary/aromatic N) is 2. The zero-order valence-corrected chi connectivity index (χ0v) is 9.89. The summed E-state index contributed by atoms with van der Waals surface area (Å²) in [7, 11) is -3.51. The Kier molecular flexibility index (Phi) is 3.15. The van der Waals surface area contributed by atoms with Crippen molar-refractivity contribution in [2.45, 2.75) is 4.90 Å². The predicted molar refractivity (Wildman–Crippen MR) is 60.5 cm³/mol. The van der Waals surface area contributed by atoms with Crippen molar-refractivity contribution >= 4 is 10.0 Å². The van der Waals surface area contributed by atoms with Crippen LogP contribution < -0.4 is 0 Å². The fourth-order valence-electron chi connectivity index (χ4n) is 1.71. The van der Waals surface area contributed by atoms with Gasteiger partial charge in [0.2, 0.25) is 10.0 Å². The van der Waals surface area contributed by atoms with Crippen molar-refractivity contribution in [3.63, 3.8) is 0 Å². The predicted octanol–water partition coefficient (Wildman–Crippen LogP) is 0.171. The largest absolute Gasteiger partial charge is 0.396 e. The van der Waals surface area contributed by atoms with E-state index in [1.165, 1.54) is 16.4 Å². The van der Waals surface area contributed by atoms with E-state index in [9.17, 15) is 8.42 Å². The SMILES string of the molecule is N#Cc1cccc(S(=O)(=O)N2CC(CO)C2)c1. The molecule has 1 fully saturated rings. The molecule has 0 unspecified atom stereocenters. The van der Waals surface area contributed by atoms with Gasteiger partial charge in [-0.3, -0.25) is 0 Å². The zero-order valence-electron chi connectivity index (χ0n) is 9.07. The quantitative estimate of drug-likeness (QED) is 0.831. The first kappa shape index (κ1) is 12.0. The van der Waals surface area contributed by atoms with Gasteiger partial charge in [0.05, 0.1) is 16.5 Å². The summed E-state index contributed by atoms with van der Waals surface area (Å²) in [6.07, 6.45) is 0. The molecule has 1 aliphatic heterocycles. The molecule has 0 saturated carbocycles. The summed E-state index contributed by atoms with van der Waals surface area (Å²) in [6.45, 7) is 0.690. The van der Waals surface area contributed by atoms with E-state index in [1.807, 2.05) is 6.07 Å². The Morgan fingerprint density at radius 1 is 1.47 bits per heavy atom. The summed E-state index contributed by atoms with van der Waals surface area (Å²) in [6, 6.07) is 7.86. The maximum absolute atomic E-state index is 12.1. The molecule has 1 heterocycles. The number of hydrogen-bond donors (Lipinski definition) is 1. The first-order valence-electron chi connectivity index (χ1n) is 5.19. The lowest BCUT2D eigenvalue weighted by molar-refractivity contribution is 0.117. The number of aliphatic hydroxyl groups excluding tert-OH is 1. The van der Waals surface area contributed by atoms with Crippen molar-refractivity contribution < 1.29 is 13.5 Å². The molecule has 6 heteroatoms. The van der Waals surface area contributed by atoms with E-state index >= 15 is 0 Å². The van der Waals surface area contributed by atoms with E-state index in [4.69, 9.17) is 10.4 Å². The van der Waals surface area contributed by atoms with Crippen LogP contribution in [-0.4, -0.2) is 37.5 Å². The minimum absolute atomic E-state index is 0.00422. The molecule has 0 aromatic heterocycles. The van der Waals surface area contributed by atoms with Crippen LogP contribution in [0.15, 0.2) is 29.2 Å². The Balaban J connectivity index is 2.24. The number of nitriles is 1. The molecule has 0 atom stereocenters. The van der Waals surface area contributed by atoms with Gasteiger partial charge < -0.3 is 5.11 Å². The molecule has 2 rings (SSSR count). The summed E-state index contributed by atoms with van der Waals surface area (Å²) >= 11 is 0. The third kappa shape index (κ3) is 2.17. The van der Waals surface area contributed by atoms with Crippen molar-refractivity contribution in [3.05, 3.63) is 29.8 Å². The zero-order chi connectivity index (χ0) is 12.5. The molecule has 1 aromatic carbocycles. The van der Waals surface area contributed by atoms with Crippen LogP contribution in [0.1, 0.15) is 5.56 Å². The molecule has 1 N–H and O–H groups in total. The second kappa shape index (κ2) is 4.45. The summed E-state index contributed by atoms with van der Waals surface area (Å²) < 4.78 is 25.5. The van der Waals surface area contributed by atoms with Crippen LogP contribution >= 0.6 is 0 Å². The molecule has 5 nitrogen and oxygen atoms in total. The fourth-order valence-corrected chi connectivity index (χ4v) is 3.35. The molecular weight excluding hydrogens is 240 g/mol. The minimum Gasteiger partial charge on any atom is -0.396 e. The number of sulfonamides is 1. The van der Waals surface area contributed by atoms with Gasteiger partial charge in [0.15, 0.2) is 0 Å². The van der Waals surface area contributed by atoms with Gasteiger partial charge in [-0.05, 0) is 18.2 Å². The van der Waals surface area contributed by atoms with Gasteiger partial charge in [-0.1, -0.05) is 6.07 Å². The Bertz CT molecular complexity index is 556. The highest BCUT2D eigenvalue weighted by molar-refractivity contribution is 7.89. The van der Waals surface area contributed by atoms with Gasteiger partial charge in [-0.15, -0.1) is 0 Å². The minimum atomic E-state index is -3.51. The summed E-state index contributed by atoms with van der Waals surface area (Å²) in [5.74, 6) is 0.0314. The lowest BCUT2D eigenvalue weighted by atomic mass is 10.1. The van der Waals surface area contributed by atoms with Crippen LogP contribution in [0.2, 0.25) is 0 Å². The Hall–Kier alpha value is -1.42. The molecule has 17 heavy (non-hydrogen) atoms. The third-order valence-electron chi connectivity index (χ3n) is 2.78. The molecule has 0 amide bonds. The molecule has 1 aromatic rings. The number of rotatable bonds is 3. The second-order valence-electron chi connectivity index (χ2n) is 4.01. The van der Waals surface area contributed by atoms with Crippen LogP contribution in [0, 0.1) is 17.2 Å². The fraction of sp³-hybridized carbons (Fsp3) is 0.364. The summed E-state index contributed by atoms with van der Waals surface area (Å²) in [4.78, 5) is 0.132. The van der Waals surface area contributed by atoms with E-state index in [1.54, 1.807) is 12.1 Å². The average molecular weight is 252 g/mol. The van der Waals surface area contributed by atoms with E-state index in [-0.39, 0.29) is 17.4 Å². The highest BCUT2D eigenvalue weighted by Gasteiger charge is 2.36. The topological polar surface area (TPSA) is 81.4 Å². The van der Waals surface area contributed by atoms with Gasteiger partial charge >= 0.3 is 0 Å². The smallest absolute Gasteiger partial charge is 0.243 e. The van der Waals surface area contributed by atoms with Crippen LogP contribution in [0.4, 0.5) is 0 Å². The monoisotopic (exact) mass is 252 g/mol. The van der Waals surface area contributed by atoms with Gasteiger partial charge in [0.25, 0.3) is 0 Å². The number of benzene rings is 1. The van der Waals surface area contributed by atoms with Gasteiger partial charge in [-0.25, -0.2) is 8.42 Å². The molecule has 0 bridgehead atoms. The molecule has 0 aliphatic carbocycles. The Morgan fingerprint density at radius 2 is 2.18 bits per heavy atom. The highest BCUT2D eigenvalue weighted by atomic mass is 32.2. The standard InChI is InChI=1S/C11H12N2O3S/c12-5-9-2-1-3-11(4-9)17(15,16)13-6-10(7-13)8-14/h1-4,10,14H,6-8H2. The summed E-state index contributed by atoms with van der Waals surface area (Å²) in [5.41, 5.74) is 0.324. The van der Waals surface area contributed by atoms with Crippen molar-refractivity contribution in [3.8, 4) is 6.07 Å². The van der Waals surface area contributed by atoms with E-state index in [2.05, 4.69) is 0 Å². The lowest BCUT2D eigenvalue weighted by Gasteiger charge is -2.36. The van der Waals surface area contributed by atoms with Crippen molar-refractivity contribution in [1.82, 2.24) is 4.31 Å². The van der Waals surface area contributed by atoms with Crippen LogP contribution in [0.3, 0.4) is 0 Å². The first-order valence-corrected chi connectivity index (χ1v) is 6.63. The normalized spacial score (nSPS) is 17.4. The molecule has 90 valence electrons. The van der Waals surface area contributed by atoms with Crippen molar-refractivity contribution in [1.29, 1.82) is 5.26 Å². The number of aliphatic hydroxyl groups is 1. The Morgan fingerprint density at radius 3 is 2.76 bits per heavy atom. The molecule has 1 saturated heterocycles. The van der Waals surface area contributed by atoms with Gasteiger partial charge in [0.1, 0.15) is 0 Å². The average Bonchev–Trinajstić information content (AvgIpc) is 2.27. The van der Waals surface area contributed by atoms with Gasteiger partial charge in [0, 0.05) is 25.6 Å². The Labute approximate surface area is 100.0 Å². The first-order chi connectivity index (χ1) is 8.07. The van der Waals surface area contributed by atoms with Crippen LogP contribution in [0.25, 0.3) is 0 Å². The van der Waals surface area contributed by atoms with Crippen LogP contribution in [-0.2, 0) is 10.0 Å². The van der Waals surface area contributed by atoms with Crippen molar-refractivity contribution in [2.75, 3.05) is 19.7 Å². The molecular formula is C11H12N2O3S. The highest BCUT2D eigenvalue weighted by Crippen LogP contribution is 2.25. The van der Waals surface area contributed by atoms with E-state index in [0.717, 1.165) is 0 Å². The summed E-state index contributed by atoms with van der Waals surface area (Å²) in [5, 5.41) is 17.6. The van der Waals surface area contributed by atoms with Crippen LogP contribution in [0.5, 0.6) is 0 Å². The maximum atomic E-state index is 12.1. The molecule has 1 aliphatic rings. The number of hydrogen-bond acceptors (Lipinski definition) is 4. The molecule has 0 spiro atoms. The maximum Gasteiger partial charge on any atom is 0.243 e. The molecule has 0 radical (unpaired) electrons.